The van der Waals surface area contributed by atoms with Crippen LogP contribution in [0.5, 0.6) is 0 Å². The van der Waals surface area contributed by atoms with Gasteiger partial charge in [0.15, 0.2) is 5.11 Å². The van der Waals surface area contributed by atoms with Gasteiger partial charge in [-0.3, -0.25) is 0 Å². The number of nitrogens with one attached hydrogen (secondary N) is 2. The summed E-state index contributed by atoms with van der Waals surface area (Å²) in [4.78, 5) is 0. The van der Waals surface area contributed by atoms with Gasteiger partial charge in [0.1, 0.15) is 0 Å². The fourth-order valence-electron chi connectivity index (χ4n) is 1.01. The number of thiocarbonyl (C=S) groups is 1. The van der Waals surface area contributed by atoms with E-state index in [4.69, 9.17) is 12.2 Å². The van der Waals surface area contributed by atoms with Crippen LogP contribution in [0.3, 0.4) is 0 Å². The topological polar surface area (TPSA) is 24.1 Å². The first-order chi connectivity index (χ1) is 5.66. The maximum absolute atomic E-state index is 5.13. The van der Waals surface area contributed by atoms with Crippen molar-refractivity contribution in [2.75, 3.05) is 6.54 Å². The summed E-state index contributed by atoms with van der Waals surface area (Å²) in [5.74, 6) is 0. The van der Waals surface area contributed by atoms with Crippen molar-refractivity contribution < 1.29 is 0 Å². The Morgan fingerprint density at radius 1 is 1.50 bits per heavy atom. The third-order valence-electron chi connectivity index (χ3n) is 2.23. The van der Waals surface area contributed by atoms with Gasteiger partial charge in [0.2, 0.25) is 0 Å². The van der Waals surface area contributed by atoms with Gasteiger partial charge >= 0.3 is 0 Å². The highest BCUT2D eigenvalue weighted by molar-refractivity contribution is 7.80. The highest BCUT2D eigenvalue weighted by Gasteiger charge is 2.37. The lowest BCUT2D eigenvalue weighted by molar-refractivity contribution is 0.646. The third kappa shape index (κ3) is 3.39. The summed E-state index contributed by atoms with van der Waals surface area (Å²) in [5.41, 5.74) is 0.316. The summed E-state index contributed by atoms with van der Waals surface area (Å²) in [6, 6.07) is 0. The Balaban J connectivity index is 2.04. The Kier molecular flexibility index (Phi) is 3.32. The van der Waals surface area contributed by atoms with Crippen molar-refractivity contribution in [3.63, 3.8) is 0 Å². The molecule has 0 bridgehead atoms. The average molecular weight is 186 g/mol. The van der Waals surface area contributed by atoms with E-state index in [9.17, 15) is 0 Å². The SMILES string of the molecule is CCCCNC(=S)NC1(C)CC1. The van der Waals surface area contributed by atoms with Gasteiger partial charge in [-0.15, -0.1) is 0 Å². The van der Waals surface area contributed by atoms with E-state index in [0.717, 1.165) is 11.7 Å². The molecule has 1 saturated carbocycles. The summed E-state index contributed by atoms with van der Waals surface area (Å²) in [6.07, 6.45) is 4.91. The van der Waals surface area contributed by atoms with Crippen molar-refractivity contribution in [2.45, 2.75) is 45.1 Å². The van der Waals surface area contributed by atoms with Crippen LogP contribution < -0.4 is 10.6 Å². The van der Waals surface area contributed by atoms with E-state index in [1.54, 1.807) is 0 Å². The second kappa shape index (κ2) is 4.08. The van der Waals surface area contributed by atoms with Crippen LogP contribution in [-0.4, -0.2) is 17.2 Å². The molecule has 12 heavy (non-hydrogen) atoms. The van der Waals surface area contributed by atoms with E-state index in [1.807, 2.05) is 0 Å². The monoisotopic (exact) mass is 186 g/mol. The number of rotatable bonds is 4. The van der Waals surface area contributed by atoms with E-state index in [2.05, 4.69) is 24.5 Å². The molecule has 0 aromatic carbocycles. The summed E-state index contributed by atoms with van der Waals surface area (Å²) < 4.78 is 0. The highest BCUT2D eigenvalue weighted by Crippen LogP contribution is 2.33. The van der Waals surface area contributed by atoms with Gasteiger partial charge in [-0.1, -0.05) is 13.3 Å². The van der Waals surface area contributed by atoms with Crippen molar-refractivity contribution in [1.82, 2.24) is 10.6 Å². The standard InChI is InChI=1S/C9H18N2S/c1-3-4-7-10-8(12)11-9(2)5-6-9/h3-7H2,1-2H3,(H2,10,11,12). The van der Waals surface area contributed by atoms with Crippen LogP contribution in [0.1, 0.15) is 39.5 Å². The maximum atomic E-state index is 5.13. The Bertz CT molecular complexity index is 164. The van der Waals surface area contributed by atoms with Crippen LogP contribution in [-0.2, 0) is 0 Å². The molecular formula is C9H18N2S. The molecule has 2 N–H and O–H groups in total. The number of hydrogen-bond donors (Lipinski definition) is 2. The number of hydrogen-bond acceptors (Lipinski definition) is 1. The van der Waals surface area contributed by atoms with E-state index < -0.39 is 0 Å². The van der Waals surface area contributed by atoms with E-state index in [-0.39, 0.29) is 0 Å². The molecule has 0 atom stereocenters. The molecule has 1 fully saturated rings. The molecule has 0 aromatic heterocycles. The Labute approximate surface area is 80.1 Å². The molecule has 1 aliphatic carbocycles. The van der Waals surface area contributed by atoms with E-state index in [0.29, 0.717) is 5.54 Å². The molecule has 2 nitrogen and oxygen atoms in total. The minimum absolute atomic E-state index is 0.316. The fourth-order valence-corrected chi connectivity index (χ4v) is 1.36. The van der Waals surface area contributed by atoms with Crippen LogP contribution in [0, 0.1) is 0 Å². The smallest absolute Gasteiger partial charge is 0.166 e. The average Bonchev–Trinajstić information content (AvgIpc) is 2.68. The Morgan fingerprint density at radius 2 is 2.17 bits per heavy atom. The molecule has 0 spiro atoms. The quantitative estimate of drug-likeness (QED) is 0.517. The molecule has 0 unspecified atom stereocenters. The van der Waals surface area contributed by atoms with Crippen molar-refractivity contribution >= 4 is 17.3 Å². The zero-order valence-electron chi connectivity index (χ0n) is 7.94. The molecule has 70 valence electrons. The second-order valence-electron chi connectivity index (χ2n) is 3.80. The number of unbranched alkanes of at least 4 members (excludes halogenated alkanes) is 1. The molecule has 0 aliphatic heterocycles. The minimum atomic E-state index is 0.316. The van der Waals surface area contributed by atoms with E-state index >= 15 is 0 Å². The molecule has 3 heteroatoms. The summed E-state index contributed by atoms with van der Waals surface area (Å²) in [5, 5.41) is 7.33. The van der Waals surface area contributed by atoms with Gasteiger partial charge in [0.25, 0.3) is 0 Å². The molecule has 1 rings (SSSR count). The molecule has 1 aliphatic rings. The zero-order valence-corrected chi connectivity index (χ0v) is 8.76. The largest absolute Gasteiger partial charge is 0.363 e. The Morgan fingerprint density at radius 3 is 2.67 bits per heavy atom. The predicted molar refractivity (Wildman–Crippen MR) is 56.3 cm³/mol. The first kappa shape index (κ1) is 9.78. The maximum Gasteiger partial charge on any atom is 0.166 e. The van der Waals surface area contributed by atoms with Crippen LogP contribution in [0.25, 0.3) is 0 Å². The summed E-state index contributed by atoms with van der Waals surface area (Å²) in [7, 11) is 0. The van der Waals surface area contributed by atoms with Gasteiger partial charge < -0.3 is 10.6 Å². The van der Waals surface area contributed by atoms with E-state index in [1.165, 1.54) is 25.7 Å². The van der Waals surface area contributed by atoms with Gasteiger partial charge in [0.05, 0.1) is 0 Å². The zero-order chi connectivity index (χ0) is 9.03. The molecule has 0 heterocycles. The van der Waals surface area contributed by atoms with Gasteiger partial charge in [-0.25, -0.2) is 0 Å². The van der Waals surface area contributed by atoms with Gasteiger partial charge in [0, 0.05) is 12.1 Å². The fraction of sp³-hybridized carbons (Fsp3) is 0.889. The normalized spacial score (nSPS) is 18.5. The molecule has 0 amide bonds. The summed E-state index contributed by atoms with van der Waals surface area (Å²) in [6.45, 7) is 5.39. The van der Waals surface area contributed by atoms with Crippen LogP contribution in [0.2, 0.25) is 0 Å². The molecule has 0 aromatic rings. The first-order valence-corrected chi connectivity index (χ1v) is 5.13. The first-order valence-electron chi connectivity index (χ1n) is 4.72. The lowest BCUT2D eigenvalue weighted by Gasteiger charge is -2.14. The van der Waals surface area contributed by atoms with Gasteiger partial charge in [-0.05, 0) is 38.4 Å². The third-order valence-corrected chi connectivity index (χ3v) is 2.48. The van der Waals surface area contributed by atoms with Gasteiger partial charge in [-0.2, -0.15) is 0 Å². The van der Waals surface area contributed by atoms with Crippen molar-refractivity contribution in [1.29, 1.82) is 0 Å². The van der Waals surface area contributed by atoms with Crippen molar-refractivity contribution in [3.8, 4) is 0 Å². The lowest BCUT2D eigenvalue weighted by atomic mass is 10.3. The van der Waals surface area contributed by atoms with Crippen LogP contribution >= 0.6 is 12.2 Å². The highest BCUT2D eigenvalue weighted by atomic mass is 32.1. The lowest BCUT2D eigenvalue weighted by Crippen LogP contribution is -2.42. The van der Waals surface area contributed by atoms with Crippen LogP contribution in [0.15, 0.2) is 0 Å². The Hall–Kier alpha value is -0.310. The molecule has 0 saturated heterocycles. The van der Waals surface area contributed by atoms with Crippen molar-refractivity contribution in [3.05, 3.63) is 0 Å². The molecular weight excluding hydrogens is 168 g/mol. The minimum Gasteiger partial charge on any atom is -0.363 e. The van der Waals surface area contributed by atoms with Crippen LogP contribution in [0.4, 0.5) is 0 Å². The van der Waals surface area contributed by atoms with Crippen molar-refractivity contribution in [2.24, 2.45) is 0 Å². The second-order valence-corrected chi connectivity index (χ2v) is 4.20. The molecule has 0 radical (unpaired) electrons. The summed E-state index contributed by atoms with van der Waals surface area (Å²) >= 11 is 5.13. The predicted octanol–water partition coefficient (Wildman–Crippen LogP) is 1.80.